The molecule has 0 saturated carbocycles. The van der Waals surface area contributed by atoms with Crippen molar-refractivity contribution in [3.05, 3.63) is 23.4 Å². The van der Waals surface area contributed by atoms with Gasteiger partial charge in [-0.2, -0.15) is 0 Å². The van der Waals surface area contributed by atoms with E-state index in [9.17, 15) is 4.79 Å². The predicted octanol–water partition coefficient (Wildman–Crippen LogP) is 2.94. The average molecular weight is 248 g/mol. The lowest BCUT2D eigenvalue weighted by atomic mass is 10.1. The number of anilines is 1. The Bertz CT molecular complexity index is 463. The molecule has 0 N–H and O–H groups in total. The molecule has 2 heterocycles. The third-order valence-electron chi connectivity index (χ3n) is 2.88. The first-order valence-corrected chi connectivity index (χ1v) is 6.39. The monoisotopic (exact) mass is 248 g/mol. The van der Waals surface area contributed by atoms with Crippen molar-refractivity contribution in [2.75, 3.05) is 11.4 Å². The topological polar surface area (TPSA) is 42.4 Å². The zero-order valence-electron chi connectivity index (χ0n) is 11.5. The molecule has 18 heavy (non-hydrogen) atoms. The van der Waals surface area contributed by atoms with Crippen LogP contribution in [0.2, 0.25) is 0 Å². The first-order valence-electron chi connectivity index (χ1n) is 6.39. The molecule has 4 nitrogen and oxygen atoms in total. The summed E-state index contributed by atoms with van der Waals surface area (Å²) in [6, 6.07) is 2.13. The number of carbonyl (C=O) groups is 1. The van der Waals surface area contributed by atoms with Crippen LogP contribution < -0.4 is 4.90 Å². The summed E-state index contributed by atoms with van der Waals surface area (Å²) in [6.07, 6.45) is 3.35. The molecule has 0 fully saturated rings. The molecule has 0 radical (unpaired) electrons. The molecule has 1 aromatic heterocycles. The molecule has 2 rings (SSSR count). The third kappa shape index (κ3) is 2.63. The second kappa shape index (κ2) is 4.59. The van der Waals surface area contributed by atoms with Gasteiger partial charge in [0, 0.05) is 12.7 Å². The second-order valence-electron chi connectivity index (χ2n) is 5.56. The van der Waals surface area contributed by atoms with Gasteiger partial charge in [-0.15, -0.1) is 0 Å². The van der Waals surface area contributed by atoms with Gasteiger partial charge in [0.2, 0.25) is 0 Å². The number of hydrogen-bond acceptors (Lipinski definition) is 3. The van der Waals surface area contributed by atoms with E-state index in [1.807, 2.05) is 27.0 Å². The van der Waals surface area contributed by atoms with E-state index in [1.54, 1.807) is 4.90 Å². The second-order valence-corrected chi connectivity index (χ2v) is 5.56. The van der Waals surface area contributed by atoms with E-state index >= 15 is 0 Å². The van der Waals surface area contributed by atoms with Gasteiger partial charge in [0.05, 0.1) is 0 Å². The van der Waals surface area contributed by atoms with Crippen molar-refractivity contribution in [1.82, 2.24) is 4.98 Å². The lowest BCUT2D eigenvalue weighted by Gasteiger charge is -2.24. The largest absolute Gasteiger partial charge is 0.443 e. The Morgan fingerprint density at radius 3 is 2.83 bits per heavy atom. The van der Waals surface area contributed by atoms with Crippen molar-refractivity contribution in [3.8, 4) is 0 Å². The van der Waals surface area contributed by atoms with Crippen LogP contribution in [0.1, 0.15) is 38.8 Å². The van der Waals surface area contributed by atoms with Crippen LogP contribution in [0.15, 0.2) is 12.3 Å². The van der Waals surface area contributed by atoms with Gasteiger partial charge in [0.25, 0.3) is 0 Å². The van der Waals surface area contributed by atoms with Gasteiger partial charge in [-0.3, -0.25) is 4.90 Å². The normalized spacial score (nSPS) is 14.6. The van der Waals surface area contributed by atoms with Gasteiger partial charge >= 0.3 is 6.09 Å². The summed E-state index contributed by atoms with van der Waals surface area (Å²) >= 11 is 0. The Kier molecular flexibility index (Phi) is 3.28. The maximum absolute atomic E-state index is 12.0. The molecule has 98 valence electrons. The summed E-state index contributed by atoms with van der Waals surface area (Å²) in [7, 11) is 0. The van der Waals surface area contributed by atoms with Gasteiger partial charge in [-0.05, 0) is 44.7 Å². The van der Waals surface area contributed by atoms with Crippen LogP contribution in [0, 0.1) is 0 Å². The Morgan fingerprint density at radius 2 is 2.22 bits per heavy atom. The minimum absolute atomic E-state index is 0.307. The zero-order valence-corrected chi connectivity index (χ0v) is 11.5. The van der Waals surface area contributed by atoms with Crippen LogP contribution in [0.5, 0.6) is 0 Å². The summed E-state index contributed by atoms with van der Waals surface area (Å²) in [4.78, 5) is 18.1. The van der Waals surface area contributed by atoms with Crippen molar-refractivity contribution >= 4 is 11.9 Å². The number of hydrogen-bond donors (Lipinski definition) is 0. The molecular weight excluding hydrogens is 228 g/mol. The van der Waals surface area contributed by atoms with Gasteiger partial charge in [0.1, 0.15) is 11.4 Å². The molecule has 0 spiro atoms. The van der Waals surface area contributed by atoms with E-state index in [0.29, 0.717) is 6.54 Å². The highest BCUT2D eigenvalue weighted by Crippen LogP contribution is 2.27. The van der Waals surface area contributed by atoms with Crippen molar-refractivity contribution in [2.24, 2.45) is 0 Å². The minimum atomic E-state index is -0.469. The molecule has 1 amide bonds. The maximum atomic E-state index is 12.0. The summed E-state index contributed by atoms with van der Waals surface area (Å²) in [5, 5.41) is 0. The van der Waals surface area contributed by atoms with Crippen molar-refractivity contribution < 1.29 is 9.53 Å². The van der Waals surface area contributed by atoms with Gasteiger partial charge < -0.3 is 4.74 Å². The number of pyridine rings is 1. The number of fused-ring (bicyclic) bond motifs is 1. The first-order chi connectivity index (χ1) is 8.40. The van der Waals surface area contributed by atoms with Crippen molar-refractivity contribution in [1.29, 1.82) is 0 Å². The number of rotatable bonds is 1. The number of nitrogens with zero attached hydrogens (tertiary/aromatic N) is 2. The van der Waals surface area contributed by atoms with Crippen LogP contribution in [0.4, 0.5) is 10.6 Å². The van der Waals surface area contributed by atoms with E-state index in [0.717, 1.165) is 24.2 Å². The van der Waals surface area contributed by atoms with Crippen molar-refractivity contribution in [3.63, 3.8) is 0 Å². The minimum Gasteiger partial charge on any atom is -0.443 e. The third-order valence-corrected chi connectivity index (χ3v) is 2.88. The quantitative estimate of drug-likeness (QED) is 0.767. The van der Waals surface area contributed by atoms with Gasteiger partial charge in [0.15, 0.2) is 0 Å². The summed E-state index contributed by atoms with van der Waals surface area (Å²) < 4.78 is 5.38. The lowest BCUT2D eigenvalue weighted by Crippen LogP contribution is -2.36. The number of amides is 1. The van der Waals surface area contributed by atoms with Crippen molar-refractivity contribution in [2.45, 2.75) is 46.1 Å². The van der Waals surface area contributed by atoms with E-state index in [-0.39, 0.29) is 6.09 Å². The SMILES string of the molecule is CCc1cnc2c(c1)CCN2C(=O)OC(C)(C)C. The lowest BCUT2D eigenvalue weighted by molar-refractivity contribution is 0.0583. The van der Waals surface area contributed by atoms with Crippen LogP contribution in [-0.4, -0.2) is 23.2 Å². The average Bonchev–Trinajstić information content (AvgIpc) is 2.69. The van der Waals surface area contributed by atoms with Gasteiger partial charge in [-0.25, -0.2) is 9.78 Å². The summed E-state index contributed by atoms with van der Waals surface area (Å²) in [5.74, 6) is 0.751. The standard InChI is InChI=1S/C14H20N2O2/c1-5-10-8-11-6-7-16(12(11)15-9-10)13(17)18-14(2,3)4/h8-9H,5-7H2,1-4H3. The summed E-state index contributed by atoms with van der Waals surface area (Å²) in [5.41, 5.74) is 1.88. The Labute approximate surface area is 108 Å². The molecule has 4 heteroatoms. The Morgan fingerprint density at radius 1 is 1.50 bits per heavy atom. The molecule has 0 aromatic carbocycles. The Hall–Kier alpha value is -1.58. The molecular formula is C14H20N2O2. The number of aryl methyl sites for hydroxylation is 1. The number of ether oxygens (including phenoxy) is 1. The first kappa shape index (κ1) is 12.9. The fourth-order valence-electron chi connectivity index (χ4n) is 2.01. The highest BCUT2D eigenvalue weighted by Gasteiger charge is 2.29. The molecule has 0 atom stereocenters. The van der Waals surface area contributed by atoms with E-state index in [4.69, 9.17) is 4.74 Å². The molecule has 1 aliphatic heterocycles. The van der Waals surface area contributed by atoms with E-state index in [2.05, 4.69) is 18.0 Å². The van der Waals surface area contributed by atoms with Crippen LogP contribution in [0.3, 0.4) is 0 Å². The smallest absolute Gasteiger partial charge is 0.416 e. The van der Waals surface area contributed by atoms with Crippen LogP contribution >= 0.6 is 0 Å². The molecule has 0 saturated heterocycles. The fourth-order valence-corrected chi connectivity index (χ4v) is 2.01. The zero-order chi connectivity index (χ0) is 13.3. The van der Waals surface area contributed by atoms with Crippen LogP contribution in [-0.2, 0) is 17.6 Å². The van der Waals surface area contributed by atoms with E-state index < -0.39 is 5.60 Å². The molecule has 0 bridgehead atoms. The fraction of sp³-hybridized carbons (Fsp3) is 0.571. The van der Waals surface area contributed by atoms with E-state index in [1.165, 1.54) is 5.56 Å². The predicted molar refractivity (Wildman–Crippen MR) is 70.9 cm³/mol. The molecule has 0 aliphatic carbocycles. The molecule has 1 aromatic rings. The summed E-state index contributed by atoms with van der Waals surface area (Å²) in [6.45, 7) is 8.37. The van der Waals surface area contributed by atoms with Crippen LogP contribution in [0.25, 0.3) is 0 Å². The number of carbonyl (C=O) groups excluding carboxylic acids is 1. The maximum Gasteiger partial charge on any atom is 0.416 e. The Balaban J connectivity index is 2.19. The molecule has 1 aliphatic rings. The van der Waals surface area contributed by atoms with Gasteiger partial charge in [-0.1, -0.05) is 13.0 Å². The highest BCUT2D eigenvalue weighted by molar-refractivity contribution is 5.89. The highest BCUT2D eigenvalue weighted by atomic mass is 16.6. The number of aromatic nitrogens is 1. The molecule has 0 unspecified atom stereocenters.